The Kier molecular flexibility index (Phi) is 7.14. The van der Waals surface area contributed by atoms with E-state index in [1.807, 2.05) is 13.8 Å². The highest BCUT2D eigenvalue weighted by Gasteiger charge is 2.33. The molecule has 1 aliphatic rings. The van der Waals surface area contributed by atoms with E-state index < -0.39 is 11.5 Å². The van der Waals surface area contributed by atoms with Crippen molar-refractivity contribution in [1.82, 2.24) is 10.2 Å². The van der Waals surface area contributed by atoms with E-state index in [0.717, 1.165) is 24.8 Å². The van der Waals surface area contributed by atoms with Gasteiger partial charge in [-0.15, -0.1) is 0 Å². The number of carboxylic acids is 1. The fraction of sp³-hybridized carbons (Fsp3) is 0.941. The Balaban J connectivity index is 2.34. The molecule has 0 saturated carbocycles. The third kappa shape index (κ3) is 5.95. The van der Waals surface area contributed by atoms with E-state index in [9.17, 15) is 9.90 Å². The molecule has 0 aromatic carbocycles. The summed E-state index contributed by atoms with van der Waals surface area (Å²) >= 11 is 0. The van der Waals surface area contributed by atoms with Gasteiger partial charge in [0.05, 0.1) is 0 Å². The van der Waals surface area contributed by atoms with E-state index in [2.05, 4.69) is 24.1 Å². The average molecular weight is 298 g/mol. The highest BCUT2D eigenvalue weighted by atomic mass is 16.4. The maximum Gasteiger partial charge on any atom is 0.323 e. The predicted molar refractivity (Wildman–Crippen MR) is 87.5 cm³/mol. The Morgan fingerprint density at radius 1 is 1.29 bits per heavy atom. The molecule has 0 aromatic heterocycles. The number of likely N-dealkylation sites (tertiary alicyclic amines) is 1. The molecule has 1 atom stereocenters. The maximum atomic E-state index is 11.5. The molecule has 1 fully saturated rings. The first-order valence-electron chi connectivity index (χ1n) is 8.48. The van der Waals surface area contributed by atoms with Crippen molar-refractivity contribution < 1.29 is 9.90 Å². The molecule has 2 N–H and O–H groups in total. The average Bonchev–Trinajstić information content (AvgIpc) is 2.38. The van der Waals surface area contributed by atoms with Gasteiger partial charge in [-0.2, -0.15) is 0 Å². The van der Waals surface area contributed by atoms with Crippen LogP contribution in [-0.4, -0.2) is 47.2 Å². The Morgan fingerprint density at radius 2 is 1.86 bits per heavy atom. The number of carboxylic acid groups (broad SMARTS) is 1. The monoisotopic (exact) mass is 298 g/mol. The minimum absolute atomic E-state index is 0.188. The summed E-state index contributed by atoms with van der Waals surface area (Å²) in [6.07, 6.45) is 4.20. The molecule has 4 nitrogen and oxygen atoms in total. The van der Waals surface area contributed by atoms with Gasteiger partial charge in [0.1, 0.15) is 5.54 Å². The minimum Gasteiger partial charge on any atom is -0.480 e. The van der Waals surface area contributed by atoms with Gasteiger partial charge in [0.25, 0.3) is 0 Å². The first kappa shape index (κ1) is 18.4. The summed E-state index contributed by atoms with van der Waals surface area (Å²) in [5, 5.41) is 12.6. The molecular weight excluding hydrogens is 264 g/mol. The molecule has 21 heavy (non-hydrogen) atoms. The zero-order chi connectivity index (χ0) is 16.0. The van der Waals surface area contributed by atoms with Gasteiger partial charge >= 0.3 is 5.97 Å². The quantitative estimate of drug-likeness (QED) is 0.723. The van der Waals surface area contributed by atoms with Gasteiger partial charge in [0, 0.05) is 6.04 Å². The molecule has 0 aromatic rings. The summed E-state index contributed by atoms with van der Waals surface area (Å²) in [5.74, 6) is 0.917. The lowest BCUT2D eigenvalue weighted by molar-refractivity contribution is -0.144. The largest absolute Gasteiger partial charge is 0.480 e. The van der Waals surface area contributed by atoms with Crippen LogP contribution >= 0.6 is 0 Å². The van der Waals surface area contributed by atoms with Crippen molar-refractivity contribution in [1.29, 1.82) is 0 Å². The van der Waals surface area contributed by atoms with E-state index in [1.54, 1.807) is 6.92 Å². The highest BCUT2D eigenvalue weighted by Crippen LogP contribution is 2.25. The molecule has 1 heterocycles. The first-order chi connectivity index (χ1) is 9.74. The van der Waals surface area contributed by atoms with Crippen LogP contribution in [0.25, 0.3) is 0 Å². The second-order valence-corrected chi connectivity index (χ2v) is 7.46. The van der Waals surface area contributed by atoms with Gasteiger partial charge in [-0.1, -0.05) is 13.8 Å². The van der Waals surface area contributed by atoms with Gasteiger partial charge in [0.15, 0.2) is 0 Å². The first-order valence-corrected chi connectivity index (χ1v) is 8.48. The molecule has 124 valence electrons. The molecule has 0 spiro atoms. The number of nitrogens with zero attached hydrogens (tertiary/aromatic N) is 1. The highest BCUT2D eigenvalue weighted by molar-refractivity contribution is 5.78. The molecule has 0 amide bonds. The summed E-state index contributed by atoms with van der Waals surface area (Å²) in [7, 11) is 0. The van der Waals surface area contributed by atoms with Crippen molar-refractivity contribution in [3.8, 4) is 0 Å². The van der Waals surface area contributed by atoms with Crippen molar-refractivity contribution in [3.05, 3.63) is 0 Å². The third-order valence-electron chi connectivity index (χ3n) is 4.81. The van der Waals surface area contributed by atoms with Gasteiger partial charge in [0.2, 0.25) is 0 Å². The fourth-order valence-corrected chi connectivity index (χ4v) is 3.38. The van der Waals surface area contributed by atoms with Crippen LogP contribution in [0.15, 0.2) is 0 Å². The molecule has 1 rings (SSSR count). The minimum atomic E-state index is -0.801. The molecular formula is C17H34N2O2. The van der Waals surface area contributed by atoms with Crippen LogP contribution in [-0.2, 0) is 4.79 Å². The zero-order valence-electron chi connectivity index (χ0n) is 14.5. The number of aliphatic carboxylic acids is 1. The van der Waals surface area contributed by atoms with Crippen LogP contribution in [0.4, 0.5) is 0 Å². The number of hydrogen-bond acceptors (Lipinski definition) is 3. The topological polar surface area (TPSA) is 52.6 Å². The van der Waals surface area contributed by atoms with E-state index in [0.29, 0.717) is 6.42 Å². The fourth-order valence-electron chi connectivity index (χ4n) is 3.38. The van der Waals surface area contributed by atoms with Crippen molar-refractivity contribution in [3.63, 3.8) is 0 Å². The van der Waals surface area contributed by atoms with Crippen LogP contribution in [0.3, 0.4) is 0 Å². The van der Waals surface area contributed by atoms with Crippen LogP contribution in [0.1, 0.15) is 60.3 Å². The van der Waals surface area contributed by atoms with Crippen molar-refractivity contribution >= 4 is 5.97 Å². The smallest absolute Gasteiger partial charge is 0.323 e. The summed E-state index contributed by atoms with van der Waals surface area (Å²) < 4.78 is 0. The number of carbonyl (C=O) groups is 1. The lowest BCUT2D eigenvalue weighted by Crippen LogP contribution is -2.52. The number of hydrogen-bond donors (Lipinski definition) is 2. The normalized spacial score (nSPS) is 20.9. The van der Waals surface area contributed by atoms with Crippen LogP contribution in [0.5, 0.6) is 0 Å². The van der Waals surface area contributed by atoms with Crippen molar-refractivity contribution in [2.45, 2.75) is 71.9 Å². The third-order valence-corrected chi connectivity index (χ3v) is 4.81. The Bertz CT molecular complexity index is 323. The molecule has 0 aliphatic carbocycles. The summed E-state index contributed by atoms with van der Waals surface area (Å²) in [6.45, 7) is 13.8. The molecule has 4 heteroatoms. The van der Waals surface area contributed by atoms with E-state index in [1.165, 1.54) is 25.9 Å². The standard InChI is InChI=1S/C17H34N2O2/c1-13(2)15-7-11-19(12-8-15)10-6-9-17(5,16(20)21)18-14(3)4/h13-15,18H,6-12H2,1-5H3,(H,20,21). The second kappa shape index (κ2) is 8.14. The number of rotatable bonds is 8. The molecule has 1 aliphatic heterocycles. The van der Waals surface area contributed by atoms with Gasteiger partial charge in [-0.3, -0.25) is 10.1 Å². The SMILES string of the molecule is CC(C)NC(C)(CCCN1CCC(C(C)C)CC1)C(=O)O. The van der Waals surface area contributed by atoms with Crippen LogP contribution in [0, 0.1) is 11.8 Å². The lowest BCUT2D eigenvalue weighted by Gasteiger charge is -2.35. The Morgan fingerprint density at radius 3 is 2.29 bits per heavy atom. The number of nitrogens with one attached hydrogen (secondary N) is 1. The maximum absolute atomic E-state index is 11.5. The van der Waals surface area contributed by atoms with Crippen LogP contribution in [0.2, 0.25) is 0 Å². The second-order valence-electron chi connectivity index (χ2n) is 7.46. The zero-order valence-corrected chi connectivity index (χ0v) is 14.5. The lowest BCUT2D eigenvalue weighted by atomic mass is 9.86. The molecule has 1 saturated heterocycles. The van der Waals surface area contributed by atoms with Gasteiger partial charge in [-0.05, 0) is 77.9 Å². The van der Waals surface area contributed by atoms with E-state index in [4.69, 9.17) is 0 Å². The summed E-state index contributed by atoms with van der Waals surface area (Å²) in [5.41, 5.74) is -0.801. The molecule has 1 unspecified atom stereocenters. The van der Waals surface area contributed by atoms with Crippen molar-refractivity contribution in [2.75, 3.05) is 19.6 Å². The molecule has 0 radical (unpaired) electrons. The van der Waals surface area contributed by atoms with Crippen LogP contribution < -0.4 is 5.32 Å². The molecule has 0 bridgehead atoms. The summed E-state index contributed by atoms with van der Waals surface area (Å²) in [4.78, 5) is 14.0. The van der Waals surface area contributed by atoms with E-state index in [-0.39, 0.29) is 6.04 Å². The summed E-state index contributed by atoms with van der Waals surface area (Å²) in [6, 6.07) is 0.188. The van der Waals surface area contributed by atoms with E-state index >= 15 is 0 Å². The number of piperidine rings is 1. The predicted octanol–water partition coefficient (Wildman–Crippen LogP) is 2.98. The Hall–Kier alpha value is -0.610. The van der Waals surface area contributed by atoms with Gasteiger partial charge in [-0.25, -0.2) is 0 Å². The van der Waals surface area contributed by atoms with Crippen molar-refractivity contribution in [2.24, 2.45) is 11.8 Å². The Labute approximate surface area is 130 Å². The van der Waals surface area contributed by atoms with Gasteiger partial charge < -0.3 is 10.0 Å².